The number of hydrogen-bond donors (Lipinski definition) is 2. The van der Waals surface area contributed by atoms with E-state index in [1.807, 2.05) is 0 Å². The molecule has 2 aliphatic carbocycles. The summed E-state index contributed by atoms with van der Waals surface area (Å²) in [5.41, 5.74) is 6.86. The van der Waals surface area contributed by atoms with E-state index in [0.717, 1.165) is 6.42 Å². The van der Waals surface area contributed by atoms with E-state index >= 15 is 0 Å². The van der Waals surface area contributed by atoms with E-state index in [1.165, 1.54) is 6.42 Å². The first kappa shape index (κ1) is 9.89. The summed E-state index contributed by atoms with van der Waals surface area (Å²) in [4.78, 5) is 21.1. The van der Waals surface area contributed by atoms with Crippen LogP contribution >= 0.6 is 0 Å². The number of hydrogen-bond acceptors (Lipinski definition) is 3. The molecule has 0 aliphatic heterocycles. The van der Waals surface area contributed by atoms with Gasteiger partial charge in [0.15, 0.2) is 0 Å². The van der Waals surface area contributed by atoms with Crippen LogP contribution in [0.2, 0.25) is 0 Å². The minimum atomic E-state index is -1.01. The zero-order valence-corrected chi connectivity index (χ0v) is 8.22. The number of carbonyl (C=O) groups excluding carboxylic acids is 2. The summed E-state index contributed by atoms with van der Waals surface area (Å²) < 4.78 is 0. The van der Waals surface area contributed by atoms with E-state index in [0.29, 0.717) is 17.8 Å². The Morgan fingerprint density at radius 2 is 2.20 bits per heavy atom. The van der Waals surface area contributed by atoms with Crippen LogP contribution in [0.15, 0.2) is 17.3 Å². The lowest BCUT2D eigenvalue weighted by Gasteiger charge is -2.11. The molecule has 0 unspecified atom stereocenters. The maximum absolute atomic E-state index is 10.8. The molecule has 80 valence electrons. The predicted octanol–water partition coefficient (Wildman–Crippen LogP) is -0.214. The van der Waals surface area contributed by atoms with E-state index in [4.69, 9.17) is 5.73 Å². The van der Waals surface area contributed by atoms with Gasteiger partial charge >= 0.3 is 11.8 Å². The van der Waals surface area contributed by atoms with Crippen molar-refractivity contribution in [1.29, 1.82) is 0 Å². The smallest absolute Gasteiger partial charge is 0.329 e. The number of rotatable bonds is 2. The van der Waals surface area contributed by atoms with Crippen molar-refractivity contribution in [2.75, 3.05) is 0 Å². The fraction of sp³-hybridized carbons (Fsp3) is 0.500. The summed E-state index contributed by atoms with van der Waals surface area (Å²) in [6.45, 7) is 0. The molecular formula is C10H13N3O2. The molecule has 0 aromatic heterocycles. The highest BCUT2D eigenvalue weighted by Crippen LogP contribution is 2.42. The van der Waals surface area contributed by atoms with Gasteiger partial charge in [-0.2, -0.15) is 5.10 Å². The standard InChI is InChI=1S/C10H13N3O2/c11-9(14)10(15)13-12-5-8-4-6-1-2-7(8)3-6/h1-2,5-8H,3-4H2,(H2,11,14)(H,13,15)/b12-5-/t6-,7+,8+/m0/s1. The highest BCUT2D eigenvalue weighted by molar-refractivity contribution is 6.34. The molecule has 3 N–H and O–H groups in total. The molecule has 5 nitrogen and oxygen atoms in total. The van der Waals surface area contributed by atoms with Gasteiger partial charge in [-0.05, 0) is 24.7 Å². The van der Waals surface area contributed by atoms with Crippen LogP contribution in [0.3, 0.4) is 0 Å². The third-order valence-electron chi connectivity index (χ3n) is 2.99. The highest BCUT2D eigenvalue weighted by Gasteiger charge is 2.34. The first-order valence-corrected chi connectivity index (χ1v) is 4.98. The van der Waals surface area contributed by atoms with Gasteiger partial charge in [0, 0.05) is 12.1 Å². The summed E-state index contributed by atoms with van der Waals surface area (Å²) in [5, 5.41) is 3.73. The van der Waals surface area contributed by atoms with Crippen molar-refractivity contribution >= 4 is 18.0 Å². The topological polar surface area (TPSA) is 84.5 Å². The van der Waals surface area contributed by atoms with Crippen LogP contribution in [0, 0.1) is 17.8 Å². The molecule has 0 heterocycles. The van der Waals surface area contributed by atoms with E-state index in [2.05, 4.69) is 22.7 Å². The summed E-state index contributed by atoms with van der Waals surface area (Å²) in [7, 11) is 0. The summed E-state index contributed by atoms with van der Waals surface area (Å²) in [6, 6.07) is 0. The molecule has 2 bridgehead atoms. The number of allylic oxidation sites excluding steroid dienone is 2. The molecule has 3 atom stereocenters. The summed E-state index contributed by atoms with van der Waals surface area (Å²) in [6.07, 6.45) is 8.39. The van der Waals surface area contributed by atoms with Crippen molar-refractivity contribution < 1.29 is 9.59 Å². The third-order valence-corrected chi connectivity index (χ3v) is 2.99. The van der Waals surface area contributed by atoms with Gasteiger partial charge in [-0.25, -0.2) is 5.43 Å². The summed E-state index contributed by atoms with van der Waals surface area (Å²) >= 11 is 0. The Bertz CT molecular complexity index is 349. The normalized spacial score (nSPS) is 32.4. The van der Waals surface area contributed by atoms with Gasteiger partial charge in [0.1, 0.15) is 0 Å². The molecule has 2 aliphatic rings. The average molecular weight is 207 g/mol. The van der Waals surface area contributed by atoms with Crippen molar-refractivity contribution in [3.63, 3.8) is 0 Å². The fourth-order valence-corrected chi connectivity index (χ4v) is 2.24. The van der Waals surface area contributed by atoms with Gasteiger partial charge in [-0.15, -0.1) is 0 Å². The van der Waals surface area contributed by atoms with Crippen LogP contribution in [0.25, 0.3) is 0 Å². The molecule has 2 rings (SSSR count). The van der Waals surface area contributed by atoms with Crippen molar-refractivity contribution in [3.8, 4) is 0 Å². The van der Waals surface area contributed by atoms with Crippen LogP contribution in [0.5, 0.6) is 0 Å². The van der Waals surface area contributed by atoms with Crippen LogP contribution in [-0.4, -0.2) is 18.0 Å². The third kappa shape index (κ3) is 2.06. The maximum atomic E-state index is 10.8. The monoisotopic (exact) mass is 207 g/mol. The van der Waals surface area contributed by atoms with Crippen molar-refractivity contribution in [1.82, 2.24) is 5.43 Å². The van der Waals surface area contributed by atoms with E-state index < -0.39 is 11.8 Å². The van der Waals surface area contributed by atoms with E-state index in [9.17, 15) is 9.59 Å². The van der Waals surface area contributed by atoms with Crippen molar-refractivity contribution in [2.24, 2.45) is 28.6 Å². The number of hydrazone groups is 1. The minimum absolute atomic E-state index is 0.383. The largest absolute Gasteiger partial charge is 0.361 e. The summed E-state index contributed by atoms with van der Waals surface area (Å²) in [5.74, 6) is -0.291. The number of amides is 2. The number of carbonyl (C=O) groups is 2. The lowest BCUT2D eigenvalue weighted by molar-refractivity contribution is -0.137. The molecule has 0 saturated heterocycles. The minimum Gasteiger partial charge on any atom is -0.361 e. The van der Waals surface area contributed by atoms with Gasteiger partial charge in [0.05, 0.1) is 0 Å². The van der Waals surface area contributed by atoms with Crippen LogP contribution in [-0.2, 0) is 9.59 Å². The molecule has 2 amide bonds. The first-order chi connectivity index (χ1) is 7.16. The highest BCUT2D eigenvalue weighted by atomic mass is 16.2. The number of nitrogens with one attached hydrogen (secondary N) is 1. The van der Waals surface area contributed by atoms with Gasteiger partial charge in [-0.1, -0.05) is 12.2 Å². The lowest BCUT2D eigenvalue weighted by atomic mass is 9.95. The lowest BCUT2D eigenvalue weighted by Crippen LogP contribution is -2.33. The maximum Gasteiger partial charge on any atom is 0.329 e. The van der Waals surface area contributed by atoms with Crippen LogP contribution in [0.4, 0.5) is 0 Å². The van der Waals surface area contributed by atoms with Crippen LogP contribution < -0.4 is 11.2 Å². The Balaban J connectivity index is 1.83. The van der Waals surface area contributed by atoms with Gasteiger partial charge in [-0.3, -0.25) is 9.59 Å². The Morgan fingerprint density at radius 1 is 1.40 bits per heavy atom. The second kappa shape index (κ2) is 3.84. The van der Waals surface area contributed by atoms with Gasteiger partial charge in [0.2, 0.25) is 0 Å². The molecule has 0 aromatic carbocycles. The molecule has 5 heteroatoms. The SMILES string of the molecule is NC(=O)C(=O)N/N=C\[C@H]1C[C@H]2C=C[C@@H]1C2. The molecule has 0 spiro atoms. The molecular weight excluding hydrogens is 194 g/mol. The molecule has 1 saturated carbocycles. The number of fused-ring (bicyclic) bond motifs is 2. The van der Waals surface area contributed by atoms with Gasteiger partial charge in [0.25, 0.3) is 0 Å². The van der Waals surface area contributed by atoms with E-state index in [1.54, 1.807) is 6.21 Å². The molecule has 15 heavy (non-hydrogen) atoms. The number of primary amides is 1. The number of nitrogens with two attached hydrogens (primary N) is 1. The Morgan fingerprint density at radius 3 is 2.73 bits per heavy atom. The van der Waals surface area contributed by atoms with Crippen molar-refractivity contribution in [2.45, 2.75) is 12.8 Å². The quantitative estimate of drug-likeness (QED) is 0.284. The fourth-order valence-electron chi connectivity index (χ4n) is 2.24. The Labute approximate surface area is 87.4 Å². The second-order valence-corrected chi connectivity index (χ2v) is 4.03. The average Bonchev–Trinajstić information content (AvgIpc) is 2.78. The second-order valence-electron chi connectivity index (χ2n) is 4.03. The Kier molecular flexibility index (Phi) is 2.53. The van der Waals surface area contributed by atoms with Crippen molar-refractivity contribution in [3.05, 3.63) is 12.2 Å². The van der Waals surface area contributed by atoms with Gasteiger partial charge < -0.3 is 5.73 Å². The molecule has 0 aromatic rings. The molecule has 0 radical (unpaired) electrons. The zero-order chi connectivity index (χ0) is 10.8. The first-order valence-electron chi connectivity index (χ1n) is 4.98. The van der Waals surface area contributed by atoms with Crippen LogP contribution in [0.1, 0.15) is 12.8 Å². The Hall–Kier alpha value is -1.65. The predicted molar refractivity (Wildman–Crippen MR) is 54.7 cm³/mol. The number of nitrogens with zero attached hydrogens (tertiary/aromatic N) is 1. The van der Waals surface area contributed by atoms with E-state index in [-0.39, 0.29) is 0 Å². The molecule has 1 fully saturated rings. The zero-order valence-electron chi connectivity index (χ0n) is 8.22.